The number of nitrogens with zero attached hydrogens (tertiary/aromatic N) is 3. The zero-order valence-corrected chi connectivity index (χ0v) is 35.7. The number of ether oxygens (including phenoxy) is 3. The summed E-state index contributed by atoms with van der Waals surface area (Å²) in [7, 11) is 0. The highest BCUT2D eigenvalue weighted by Gasteiger charge is 2.52. The summed E-state index contributed by atoms with van der Waals surface area (Å²) in [5, 5.41) is 9.39. The molecule has 15 nitrogen and oxygen atoms in total. The van der Waals surface area contributed by atoms with Crippen molar-refractivity contribution in [3.05, 3.63) is 0 Å². The largest absolute Gasteiger partial charge is 0.444 e. The monoisotopic (exact) mass is 801 g/mol. The first-order chi connectivity index (χ1) is 26.5. The molecule has 15 heteroatoms. The highest BCUT2D eigenvalue weighted by Crippen LogP contribution is 2.44. The molecule has 0 bridgehead atoms. The van der Waals surface area contributed by atoms with E-state index >= 15 is 0 Å². The van der Waals surface area contributed by atoms with Crippen LogP contribution in [-0.4, -0.2) is 125 Å². The van der Waals surface area contributed by atoms with Crippen LogP contribution in [0, 0.1) is 16.2 Å². The standard InChI is InChI=1S/C42H68N6O9/c1-28-25-40(31(49)43-28)13-19-47(20-14-40)35(53)56-38(5,6)11-10-30-27-42(33(51)45-30)17-23-48(24-18-42)36(54)57-39(7,8)12-9-29-26-41(32(50)44-29)15-21-46(22-16-41)34(52)55-37(2,3)4/h28-30H,9-27H2,1-8H3,(H,43,49)(H,44,50)(H,45,51)/t28-,29?,30+/m1/s1. The molecule has 3 atom stereocenters. The van der Waals surface area contributed by atoms with Crippen LogP contribution in [0.25, 0.3) is 0 Å². The van der Waals surface area contributed by atoms with Crippen molar-refractivity contribution in [3.63, 3.8) is 0 Å². The molecule has 0 aromatic heterocycles. The Morgan fingerprint density at radius 2 is 0.860 bits per heavy atom. The SMILES string of the molecule is C[C@@H]1CC2(CCN(C(=O)OC(C)(C)CC[C@H]3CC4(CCN(C(=O)OC(C)(C)CCC5CC6(CCN(C(=O)OC(C)(C)C)CC6)C(=O)N5)CC4)C(=O)N3)CC2)C(=O)N1. The Morgan fingerprint density at radius 3 is 1.18 bits per heavy atom. The molecule has 320 valence electrons. The lowest BCUT2D eigenvalue weighted by Crippen LogP contribution is -2.48. The van der Waals surface area contributed by atoms with Crippen molar-refractivity contribution >= 4 is 36.0 Å². The van der Waals surface area contributed by atoms with Crippen LogP contribution in [0.1, 0.15) is 139 Å². The van der Waals surface area contributed by atoms with Gasteiger partial charge in [0.05, 0.1) is 16.2 Å². The molecule has 1 unspecified atom stereocenters. The minimum atomic E-state index is -0.750. The molecular weight excluding hydrogens is 732 g/mol. The smallest absolute Gasteiger partial charge is 0.410 e. The Labute approximate surface area is 338 Å². The number of piperidine rings is 3. The van der Waals surface area contributed by atoms with Crippen LogP contribution < -0.4 is 16.0 Å². The van der Waals surface area contributed by atoms with Gasteiger partial charge < -0.3 is 44.9 Å². The molecule has 0 aromatic carbocycles. The molecule has 6 aliphatic heterocycles. The lowest BCUT2D eigenvalue weighted by atomic mass is 9.75. The van der Waals surface area contributed by atoms with Gasteiger partial charge in [-0.05, 0) is 139 Å². The number of carbonyl (C=O) groups excluding carboxylic acids is 6. The van der Waals surface area contributed by atoms with E-state index in [9.17, 15) is 28.8 Å². The zero-order chi connectivity index (χ0) is 41.6. The second kappa shape index (κ2) is 15.8. The van der Waals surface area contributed by atoms with Gasteiger partial charge in [0.25, 0.3) is 0 Å². The van der Waals surface area contributed by atoms with Crippen LogP contribution in [0.2, 0.25) is 0 Å². The molecule has 6 rings (SSSR count). The average Bonchev–Trinajstić information content (AvgIpc) is 3.70. The van der Waals surface area contributed by atoms with E-state index in [1.54, 1.807) is 14.7 Å². The molecule has 0 saturated carbocycles. The average molecular weight is 801 g/mol. The number of hydrogen-bond donors (Lipinski definition) is 3. The van der Waals surface area contributed by atoms with Crippen LogP contribution in [0.15, 0.2) is 0 Å². The molecule has 6 aliphatic rings. The first kappa shape index (κ1) is 42.8. The number of amides is 6. The van der Waals surface area contributed by atoms with E-state index in [1.807, 2.05) is 55.4 Å². The molecule has 0 aromatic rings. The first-order valence-electron chi connectivity index (χ1n) is 21.4. The third kappa shape index (κ3) is 9.75. The lowest BCUT2D eigenvalue weighted by molar-refractivity contribution is -0.130. The number of rotatable bonds is 8. The first-order valence-corrected chi connectivity index (χ1v) is 21.4. The van der Waals surface area contributed by atoms with Gasteiger partial charge in [0.2, 0.25) is 17.7 Å². The van der Waals surface area contributed by atoms with Gasteiger partial charge in [-0.15, -0.1) is 0 Å². The van der Waals surface area contributed by atoms with Gasteiger partial charge in [-0.3, -0.25) is 14.4 Å². The number of nitrogens with one attached hydrogen (secondary N) is 3. The number of carbonyl (C=O) groups is 6. The Morgan fingerprint density at radius 1 is 0.544 bits per heavy atom. The molecule has 0 radical (unpaired) electrons. The van der Waals surface area contributed by atoms with Crippen molar-refractivity contribution in [3.8, 4) is 0 Å². The van der Waals surface area contributed by atoms with Crippen LogP contribution >= 0.6 is 0 Å². The molecule has 3 spiro atoms. The van der Waals surface area contributed by atoms with E-state index in [4.69, 9.17) is 14.2 Å². The molecule has 0 aliphatic carbocycles. The van der Waals surface area contributed by atoms with Gasteiger partial charge in [0.15, 0.2) is 0 Å². The molecule has 6 amide bonds. The van der Waals surface area contributed by atoms with Crippen molar-refractivity contribution in [2.24, 2.45) is 16.2 Å². The van der Waals surface area contributed by atoms with Crippen LogP contribution in [-0.2, 0) is 28.6 Å². The summed E-state index contributed by atoms with van der Waals surface area (Å²) in [6.07, 6.45) is 7.17. The third-order valence-corrected chi connectivity index (χ3v) is 13.7. The predicted molar refractivity (Wildman–Crippen MR) is 211 cm³/mol. The van der Waals surface area contributed by atoms with Gasteiger partial charge in [-0.1, -0.05) is 0 Å². The normalized spacial score (nSPS) is 27.1. The van der Waals surface area contributed by atoms with E-state index in [-0.39, 0.29) is 59.5 Å². The third-order valence-electron chi connectivity index (χ3n) is 13.7. The fourth-order valence-electron chi connectivity index (χ4n) is 10.1. The maximum Gasteiger partial charge on any atom is 0.410 e. The Kier molecular flexibility index (Phi) is 11.8. The van der Waals surface area contributed by atoms with E-state index < -0.39 is 27.6 Å². The Bertz CT molecular complexity index is 1560. The maximum absolute atomic E-state index is 13.4. The van der Waals surface area contributed by atoms with Gasteiger partial charge in [-0.25, -0.2) is 14.4 Å². The summed E-state index contributed by atoms with van der Waals surface area (Å²) in [4.78, 5) is 83.2. The predicted octanol–water partition coefficient (Wildman–Crippen LogP) is 5.24. The second-order valence-corrected chi connectivity index (χ2v) is 20.4. The van der Waals surface area contributed by atoms with E-state index in [2.05, 4.69) is 16.0 Å². The van der Waals surface area contributed by atoms with Crippen LogP contribution in [0.3, 0.4) is 0 Å². The summed E-state index contributed by atoms with van der Waals surface area (Å²) in [6, 6.07) is 0.0925. The Hall–Kier alpha value is -3.78. The Balaban J connectivity index is 0.893. The van der Waals surface area contributed by atoms with Gasteiger partial charge in [-0.2, -0.15) is 0 Å². The summed E-state index contributed by atoms with van der Waals surface area (Å²) >= 11 is 0. The van der Waals surface area contributed by atoms with Crippen molar-refractivity contribution in [1.82, 2.24) is 30.7 Å². The van der Waals surface area contributed by atoms with Crippen molar-refractivity contribution in [1.29, 1.82) is 0 Å². The van der Waals surface area contributed by atoms with E-state index in [0.29, 0.717) is 116 Å². The summed E-state index contributed by atoms with van der Waals surface area (Å²) < 4.78 is 17.5. The minimum Gasteiger partial charge on any atom is -0.444 e. The lowest BCUT2D eigenvalue weighted by Gasteiger charge is -2.39. The molecule has 6 fully saturated rings. The highest BCUT2D eigenvalue weighted by atomic mass is 16.6. The van der Waals surface area contributed by atoms with Crippen molar-refractivity contribution in [2.75, 3.05) is 39.3 Å². The van der Waals surface area contributed by atoms with Gasteiger partial charge in [0.1, 0.15) is 16.8 Å². The van der Waals surface area contributed by atoms with Crippen LogP contribution in [0.4, 0.5) is 14.4 Å². The van der Waals surface area contributed by atoms with Gasteiger partial charge >= 0.3 is 18.3 Å². The van der Waals surface area contributed by atoms with Gasteiger partial charge in [0, 0.05) is 57.4 Å². The highest BCUT2D eigenvalue weighted by molar-refractivity contribution is 5.87. The number of hydrogen-bond acceptors (Lipinski definition) is 9. The second-order valence-electron chi connectivity index (χ2n) is 20.4. The minimum absolute atomic E-state index is 0.0232. The molecule has 57 heavy (non-hydrogen) atoms. The summed E-state index contributed by atoms with van der Waals surface area (Å²) in [5.41, 5.74) is -3.44. The topological polar surface area (TPSA) is 176 Å². The summed E-state index contributed by atoms with van der Waals surface area (Å²) in [6.45, 7) is 18.0. The molecule has 6 saturated heterocycles. The fraction of sp³-hybridized carbons (Fsp3) is 0.857. The molecule has 3 N–H and O–H groups in total. The van der Waals surface area contributed by atoms with Crippen LogP contribution in [0.5, 0.6) is 0 Å². The van der Waals surface area contributed by atoms with Crippen molar-refractivity contribution < 1.29 is 43.0 Å². The maximum atomic E-state index is 13.4. The quantitative estimate of drug-likeness (QED) is 0.277. The fourth-order valence-corrected chi connectivity index (χ4v) is 10.1. The van der Waals surface area contributed by atoms with E-state index in [1.165, 1.54) is 0 Å². The summed E-state index contributed by atoms with van der Waals surface area (Å²) in [5.74, 6) is 0.163. The number of likely N-dealkylation sites (tertiary alicyclic amines) is 3. The molecule has 6 heterocycles. The zero-order valence-electron chi connectivity index (χ0n) is 35.7. The van der Waals surface area contributed by atoms with Crippen molar-refractivity contribution in [2.45, 2.75) is 174 Å². The van der Waals surface area contributed by atoms with E-state index in [0.717, 1.165) is 6.42 Å². The molecular formula is C42H68N6O9.